The van der Waals surface area contributed by atoms with Crippen LogP contribution in [-0.2, 0) is 17.5 Å². The standard InChI is InChI=1S/C26H31F3N4O3/c1-2-32-16-19(8-11-23(32)34)17-6-9-21(10-7-17)33(22-13-30-14-22)24(35)15-31-25(36)18-4-3-5-20(12-18)26(27,28)29/h3-5,8,11-12,16-17,21-22,30H,2,6-7,9-10,13-15H2,1H3,(H,31,36). The molecule has 2 heterocycles. The molecule has 0 spiro atoms. The number of carbonyl (C=O) groups excluding carboxylic acids is 2. The van der Waals surface area contributed by atoms with E-state index >= 15 is 0 Å². The van der Waals surface area contributed by atoms with Gasteiger partial charge in [0.05, 0.1) is 18.2 Å². The fraction of sp³-hybridized carbons (Fsp3) is 0.500. The number of pyridine rings is 1. The summed E-state index contributed by atoms with van der Waals surface area (Å²) in [5.41, 5.74) is 0.0703. The summed E-state index contributed by atoms with van der Waals surface area (Å²) in [5, 5.41) is 5.68. The molecule has 1 aromatic heterocycles. The Morgan fingerprint density at radius 1 is 1.08 bits per heavy atom. The number of nitrogens with zero attached hydrogens (tertiary/aromatic N) is 2. The van der Waals surface area contributed by atoms with Gasteiger partial charge in [0.2, 0.25) is 5.91 Å². The summed E-state index contributed by atoms with van der Waals surface area (Å²) < 4.78 is 40.6. The molecule has 1 saturated carbocycles. The molecule has 2 aromatic rings. The third-order valence-corrected chi connectivity index (χ3v) is 7.20. The van der Waals surface area contributed by atoms with Crippen LogP contribution in [0.3, 0.4) is 0 Å². The molecule has 36 heavy (non-hydrogen) atoms. The molecular weight excluding hydrogens is 473 g/mol. The Labute approximate surface area is 207 Å². The second kappa shape index (κ2) is 10.9. The van der Waals surface area contributed by atoms with Gasteiger partial charge < -0.3 is 20.1 Å². The van der Waals surface area contributed by atoms with Crippen LogP contribution >= 0.6 is 0 Å². The quantitative estimate of drug-likeness (QED) is 0.607. The van der Waals surface area contributed by atoms with E-state index in [4.69, 9.17) is 0 Å². The summed E-state index contributed by atoms with van der Waals surface area (Å²) >= 11 is 0. The summed E-state index contributed by atoms with van der Waals surface area (Å²) in [6.07, 6.45) is 0.752. The first-order chi connectivity index (χ1) is 17.2. The van der Waals surface area contributed by atoms with Crippen molar-refractivity contribution in [2.24, 2.45) is 0 Å². The second-order valence-electron chi connectivity index (χ2n) is 9.47. The highest BCUT2D eigenvalue weighted by atomic mass is 19.4. The van der Waals surface area contributed by atoms with Crippen LogP contribution in [0.15, 0.2) is 47.4 Å². The molecule has 1 aliphatic heterocycles. The van der Waals surface area contributed by atoms with Crippen molar-refractivity contribution in [1.29, 1.82) is 0 Å². The minimum Gasteiger partial charge on any atom is -0.343 e. The largest absolute Gasteiger partial charge is 0.416 e. The molecule has 7 nitrogen and oxygen atoms in total. The van der Waals surface area contributed by atoms with E-state index in [1.807, 2.05) is 24.1 Å². The summed E-state index contributed by atoms with van der Waals surface area (Å²) in [5.74, 6) is -0.627. The van der Waals surface area contributed by atoms with Gasteiger partial charge in [-0.25, -0.2) is 0 Å². The Hall–Kier alpha value is -3.14. The summed E-state index contributed by atoms with van der Waals surface area (Å²) in [4.78, 5) is 39.4. The van der Waals surface area contributed by atoms with E-state index in [1.165, 1.54) is 12.1 Å². The number of amides is 2. The molecule has 0 atom stereocenters. The first kappa shape index (κ1) is 25.9. The van der Waals surface area contributed by atoms with Crippen molar-refractivity contribution in [3.63, 3.8) is 0 Å². The van der Waals surface area contributed by atoms with Gasteiger partial charge in [-0.15, -0.1) is 0 Å². The van der Waals surface area contributed by atoms with Gasteiger partial charge in [0.1, 0.15) is 0 Å². The number of carbonyl (C=O) groups is 2. The van der Waals surface area contributed by atoms with Gasteiger partial charge in [-0.3, -0.25) is 14.4 Å². The number of nitrogens with one attached hydrogen (secondary N) is 2. The third-order valence-electron chi connectivity index (χ3n) is 7.20. The molecule has 1 aliphatic carbocycles. The predicted molar refractivity (Wildman–Crippen MR) is 129 cm³/mol. The molecule has 0 unspecified atom stereocenters. The van der Waals surface area contributed by atoms with Gasteiger partial charge in [0.15, 0.2) is 0 Å². The maximum Gasteiger partial charge on any atom is 0.416 e. The molecule has 2 N–H and O–H groups in total. The van der Waals surface area contributed by atoms with E-state index in [2.05, 4.69) is 10.6 Å². The molecule has 2 aliphatic rings. The Kier molecular flexibility index (Phi) is 7.82. The number of hydrogen-bond acceptors (Lipinski definition) is 4. The van der Waals surface area contributed by atoms with E-state index in [-0.39, 0.29) is 35.7 Å². The maximum atomic E-state index is 13.2. The molecule has 194 valence electrons. The van der Waals surface area contributed by atoms with Gasteiger partial charge in [-0.1, -0.05) is 12.1 Å². The Balaban J connectivity index is 1.38. The first-order valence-electron chi connectivity index (χ1n) is 12.3. The van der Waals surface area contributed by atoms with E-state index in [0.29, 0.717) is 25.6 Å². The second-order valence-corrected chi connectivity index (χ2v) is 9.47. The zero-order chi connectivity index (χ0) is 25.9. The van der Waals surface area contributed by atoms with Crippen molar-refractivity contribution >= 4 is 11.8 Å². The highest BCUT2D eigenvalue weighted by Gasteiger charge is 2.36. The number of rotatable bonds is 7. The van der Waals surface area contributed by atoms with Crippen molar-refractivity contribution in [3.8, 4) is 0 Å². The lowest BCUT2D eigenvalue weighted by Crippen LogP contribution is -2.63. The van der Waals surface area contributed by atoms with Crippen molar-refractivity contribution in [2.45, 2.75) is 63.3 Å². The zero-order valence-electron chi connectivity index (χ0n) is 20.2. The monoisotopic (exact) mass is 504 g/mol. The molecule has 10 heteroatoms. The van der Waals surface area contributed by atoms with Crippen molar-refractivity contribution in [3.05, 3.63) is 69.6 Å². The lowest BCUT2D eigenvalue weighted by Gasteiger charge is -2.45. The number of hydrogen-bond donors (Lipinski definition) is 2. The van der Waals surface area contributed by atoms with Crippen LogP contribution in [0.2, 0.25) is 0 Å². The van der Waals surface area contributed by atoms with Crippen LogP contribution in [-0.4, -0.2) is 53.0 Å². The summed E-state index contributed by atoms with van der Waals surface area (Å²) in [7, 11) is 0. The molecule has 0 radical (unpaired) electrons. The number of alkyl halides is 3. The maximum absolute atomic E-state index is 13.2. The van der Waals surface area contributed by atoms with Gasteiger partial charge in [0, 0.05) is 43.5 Å². The normalized spacial score (nSPS) is 20.4. The lowest BCUT2D eigenvalue weighted by molar-refractivity contribution is -0.138. The molecule has 1 saturated heterocycles. The fourth-order valence-corrected chi connectivity index (χ4v) is 5.09. The average molecular weight is 505 g/mol. The molecular formula is C26H31F3N4O3. The average Bonchev–Trinajstić information content (AvgIpc) is 2.84. The van der Waals surface area contributed by atoms with Crippen LogP contribution in [0, 0.1) is 0 Å². The molecule has 2 amide bonds. The molecule has 1 aromatic carbocycles. The predicted octanol–water partition coefficient (Wildman–Crippen LogP) is 3.14. The number of halogens is 3. The van der Waals surface area contributed by atoms with E-state index < -0.39 is 17.6 Å². The fourth-order valence-electron chi connectivity index (χ4n) is 5.09. The van der Waals surface area contributed by atoms with Crippen LogP contribution in [0.4, 0.5) is 13.2 Å². The van der Waals surface area contributed by atoms with Crippen LogP contribution in [0.1, 0.15) is 60.0 Å². The van der Waals surface area contributed by atoms with E-state index in [9.17, 15) is 27.6 Å². The van der Waals surface area contributed by atoms with Gasteiger partial charge >= 0.3 is 6.18 Å². The summed E-state index contributed by atoms with van der Waals surface area (Å²) in [6.45, 7) is 3.63. The molecule has 4 rings (SSSR count). The van der Waals surface area contributed by atoms with Crippen LogP contribution in [0.25, 0.3) is 0 Å². The van der Waals surface area contributed by atoms with E-state index in [0.717, 1.165) is 43.4 Å². The van der Waals surface area contributed by atoms with Crippen LogP contribution in [0.5, 0.6) is 0 Å². The highest BCUT2D eigenvalue weighted by Crippen LogP contribution is 2.35. The van der Waals surface area contributed by atoms with E-state index in [1.54, 1.807) is 10.6 Å². The minimum atomic E-state index is -4.55. The van der Waals surface area contributed by atoms with Gasteiger partial charge in [0.25, 0.3) is 11.5 Å². The van der Waals surface area contributed by atoms with Gasteiger partial charge in [-0.05, 0) is 62.3 Å². The summed E-state index contributed by atoms with van der Waals surface area (Å²) in [6, 6.07) is 7.73. The van der Waals surface area contributed by atoms with Crippen molar-refractivity contribution in [2.75, 3.05) is 19.6 Å². The zero-order valence-corrected chi connectivity index (χ0v) is 20.2. The minimum absolute atomic E-state index is 0.0172. The highest BCUT2D eigenvalue weighted by molar-refractivity contribution is 5.96. The molecule has 2 fully saturated rings. The van der Waals surface area contributed by atoms with Crippen LogP contribution < -0.4 is 16.2 Å². The third kappa shape index (κ3) is 5.80. The topological polar surface area (TPSA) is 83.4 Å². The van der Waals surface area contributed by atoms with Crippen molar-refractivity contribution < 1.29 is 22.8 Å². The Morgan fingerprint density at radius 2 is 1.81 bits per heavy atom. The number of aromatic nitrogens is 1. The Bertz CT molecular complexity index is 1150. The van der Waals surface area contributed by atoms with Crippen molar-refractivity contribution in [1.82, 2.24) is 20.1 Å². The Morgan fingerprint density at radius 3 is 2.42 bits per heavy atom. The first-order valence-corrected chi connectivity index (χ1v) is 12.3. The SMILES string of the molecule is CCn1cc(C2CCC(N(C(=O)CNC(=O)c3cccc(C(F)(F)F)c3)C3CNC3)CC2)ccc1=O. The molecule has 0 bridgehead atoms. The number of benzene rings is 1. The number of aryl methyl sites for hydroxylation is 1. The van der Waals surface area contributed by atoms with Gasteiger partial charge in [-0.2, -0.15) is 13.2 Å². The lowest BCUT2D eigenvalue weighted by atomic mass is 9.81. The smallest absolute Gasteiger partial charge is 0.343 e.